The van der Waals surface area contributed by atoms with E-state index in [-0.39, 0.29) is 5.16 Å². The molecule has 212 valence electrons. The van der Waals surface area contributed by atoms with Crippen molar-refractivity contribution in [2.24, 2.45) is 0 Å². The Balaban J connectivity index is 7.62. The molecular weight excluding hydrogens is 573 g/mol. The molecule has 0 atom stereocenters. The summed E-state index contributed by atoms with van der Waals surface area (Å²) in [5, 5.41) is -0.148. The van der Waals surface area contributed by atoms with Crippen LogP contribution in [0.25, 0.3) is 0 Å². The van der Waals surface area contributed by atoms with Crippen LogP contribution >= 0.6 is 0 Å². The lowest BCUT2D eigenvalue weighted by Crippen LogP contribution is -2.73. The highest BCUT2D eigenvalue weighted by atomic mass is 28.6. The molecule has 0 saturated carbocycles. The largest absolute Gasteiger partial charge is 0.477 e. The van der Waals surface area contributed by atoms with Crippen molar-refractivity contribution in [1.82, 2.24) is 0 Å². The Bertz CT molecular complexity index is 529. The fourth-order valence-corrected chi connectivity index (χ4v) is 36.9. The van der Waals surface area contributed by atoms with E-state index in [1.54, 1.807) is 0 Å². The summed E-state index contributed by atoms with van der Waals surface area (Å²) in [7, 11) is -19.1. The minimum Gasteiger partial charge on any atom is -0.417 e. The van der Waals surface area contributed by atoms with Crippen LogP contribution in [-0.4, -0.2) is 67.5 Å². The van der Waals surface area contributed by atoms with Gasteiger partial charge in [0.25, 0.3) is 0 Å². The van der Waals surface area contributed by atoms with Crippen LogP contribution in [0, 0.1) is 0 Å². The van der Waals surface area contributed by atoms with Crippen LogP contribution in [0.4, 0.5) is 0 Å². The Morgan fingerprint density at radius 3 is 0.571 bits per heavy atom. The zero-order chi connectivity index (χ0) is 28.5. The molecule has 0 saturated heterocycles. The van der Waals surface area contributed by atoms with E-state index in [0.29, 0.717) is 0 Å². The van der Waals surface area contributed by atoms with E-state index >= 15 is 0 Å². The first-order chi connectivity index (χ1) is 14.9. The molecule has 0 unspecified atom stereocenters. The van der Waals surface area contributed by atoms with Crippen LogP contribution in [0.5, 0.6) is 0 Å². The van der Waals surface area contributed by atoms with Gasteiger partial charge >= 0.3 is 17.6 Å². The van der Waals surface area contributed by atoms with E-state index in [0.717, 1.165) is 6.42 Å². The van der Waals surface area contributed by atoms with Gasteiger partial charge in [-0.25, -0.2) is 0 Å². The molecule has 0 heterocycles. The normalized spacial score (nSPS) is 15.8. The third kappa shape index (κ3) is 15.0. The highest BCUT2D eigenvalue weighted by molar-refractivity contribution is 7.01. The standard InChI is InChI=1S/C21H60O6Si8/c1-20-21(34(22-28(2,3)4,23-29(5,6)7)24-30(8,9)10)35(25-31(11,12)13,26-32(14,15)16)27-33(17,18)19/h21H,20H2,1-19H3. The molecule has 0 aliphatic heterocycles. The smallest absolute Gasteiger partial charge is 0.417 e. The average Bonchev–Trinajstić information content (AvgIpc) is 2.33. The molecule has 14 heteroatoms. The maximum atomic E-state index is 7.22. The quantitative estimate of drug-likeness (QED) is 0.169. The van der Waals surface area contributed by atoms with Gasteiger partial charge in [-0.3, -0.25) is 0 Å². The molecule has 0 fully saturated rings. The summed E-state index contributed by atoms with van der Waals surface area (Å²) in [4.78, 5) is 0. The molecule has 0 aromatic carbocycles. The van der Waals surface area contributed by atoms with Crippen LogP contribution in [-0.2, 0) is 24.7 Å². The van der Waals surface area contributed by atoms with E-state index in [1.165, 1.54) is 0 Å². The van der Waals surface area contributed by atoms with Crippen LogP contribution in [0.15, 0.2) is 0 Å². The minimum atomic E-state index is -3.33. The zero-order valence-electron chi connectivity index (χ0n) is 26.7. The maximum Gasteiger partial charge on any atom is 0.477 e. The average molecular weight is 633 g/mol. The summed E-state index contributed by atoms with van der Waals surface area (Å²) in [5.41, 5.74) is 0. The predicted molar refractivity (Wildman–Crippen MR) is 172 cm³/mol. The summed E-state index contributed by atoms with van der Waals surface area (Å²) in [5.74, 6) is 0. The second kappa shape index (κ2) is 11.9. The Kier molecular flexibility index (Phi) is 12.4. The van der Waals surface area contributed by atoms with Crippen molar-refractivity contribution in [3.8, 4) is 0 Å². The molecule has 35 heavy (non-hydrogen) atoms. The van der Waals surface area contributed by atoms with Gasteiger partial charge < -0.3 is 24.7 Å². The number of hydrogen-bond donors (Lipinski definition) is 0. The van der Waals surface area contributed by atoms with E-state index in [4.69, 9.17) is 24.7 Å². The third-order valence-corrected chi connectivity index (χ3v) is 30.1. The molecule has 0 N–H and O–H groups in total. The highest BCUT2D eigenvalue weighted by Crippen LogP contribution is 2.46. The number of rotatable bonds is 15. The lowest BCUT2D eigenvalue weighted by atomic mass is 10.6. The van der Waals surface area contributed by atoms with Crippen molar-refractivity contribution < 1.29 is 24.7 Å². The second-order valence-corrected chi connectivity index (χ2v) is 50.1. The molecule has 0 aliphatic carbocycles. The van der Waals surface area contributed by atoms with Crippen molar-refractivity contribution in [2.45, 2.75) is 136 Å². The van der Waals surface area contributed by atoms with E-state index in [2.05, 4.69) is 125 Å². The first-order valence-corrected chi connectivity index (χ1v) is 37.2. The Labute approximate surface area is 227 Å². The first-order valence-electron chi connectivity index (χ1n) is 13.1. The highest BCUT2D eigenvalue weighted by Gasteiger charge is 2.69. The van der Waals surface area contributed by atoms with Crippen LogP contribution in [0.2, 0.25) is 123 Å². The van der Waals surface area contributed by atoms with Crippen molar-refractivity contribution in [1.29, 1.82) is 0 Å². The van der Waals surface area contributed by atoms with Gasteiger partial charge in [-0.15, -0.1) is 0 Å². The number of hydrogen-bond acceptors (Lipinski definition) is 6. The first kappa shape index (κ1) is 36.5. The van der Waals surface area contributed by atoms with Crippen LogP contribution in [0.1, 0.15) is 13.3 Å². The summed E-state index contributed by atoms with van der Waals surface area (Å²) in [6.45, 7) is 42.5. The molecule has 0 rings (SSSR count). The van der Waals surface area contributed by atoms with Crippen molar-refractivity contribution in [2.75, 3.05) is 0 Å². The Morgan fingerprint density at radius 1 is 0.343 bits per heavy atom. The molecule has 0 aromatic heterocycles. The van der Waals surface area contributed by atoms with Crippen molar-refractivity contribution in [3.63, 3.8) is 0 Å². The Hall–Kier alpha value is 1.50. The topological polar surface area (TPSA) is 55.4 Å². The van der Waals surface area contributed by atoms with Gasteiger partial charge in [-0.1, -0.05) is 6.92 Å². The molecular formula is C21H60O6Si8. The van der Waals surface area contributed by atoms with Crippen LogP contribution in [0.3, 0.4) is 0 Å². The molecule has 0 bridgehead atoms. The fraction of sp³-hybridized carbons (Fsp3) is 1.00. The zero-order valence-corrected chi connectivity index (χ0v) is 34.7. The van der Waals surface area contributed by atoms with Crippen LogP contribution < -0.4 is 0 Å². The van der Waals surface area contributed by atoms with Gasteiger partial charge in [0, 0.05) is 0 Å². The van der Waals surface area contributed by atoms with Gasteiger partial charge in [0.05, 0.1) is 5.16 Å². The lowest BCUT2D eigenvalue weighted by molar-refractivity contribution is 0.199. The van der Waals surface area contributed by atoms with E-state index < -0.39 is 67.5 Å². The van der Waals surface area contributed by atoms with Crippen molar-refractivity contribution in [3.05, 3.63) is 0 Å². The maximum absolute atomic E-state index is 7.22. The summed E-state index contributed by atoms with van der Waals surface area (Å²) in [6, 6.07) is 0. The molecule has 0 radical (unpaired) electrons. The van der Waals surface area contributed by atoms with E-state index in [9.17, 15) is 0 Å². The predicted octanol–water partition coefficient (Wildman–Crippen LogP) is 8.29. The molecule has 0 aromatic rings. The van der Waals surface area contributed by atoms with E-state index in [1.807, 2.05) is 0 Å². The Morgan fingerprint density at radius 2 is 0.486 bits per heavy atom. The molecule has 6 nitrogen and oxygen atoms in total. The monoisotopic (exact) mass is 632 g/mol. The minimum absolute atomic E-state index is 0.148. The second-order valence-electron chi connectivity index (χ2n) is 15.5. The molecule has 0 spiro atoms. The SMILES string of the molecule is CCC([Si](O[Si](C)(C)C)(O[Si](C)(C)C)O[Si](C)(C)C)[Si](O[Si](C)(C)C)(O[Si](C)(C)C)O[Si](C)(C)C. The third-order valence-electron chi connectivity index (χ3n) is 3.95. The van der Waals surface area contributed by atoms with Gasteiger partial charge in [0.1, 0.15) is 0 Å². The van der Waals surface area contributed by atoms with Gasteiger partial charge in [0.2, 0.25) is 0 Å². The summed E-state index contributed by atoms with van der Waals surface area (Å²) < 4.78 is 43.3. The molecule has 0 aliphatic rings. The van der Waals surface area contributed by atoms with Gasteiger partial charge in [-0.2, -0.15) is 0 Å². The molecule has 0 amide bonds. The lowest BCUT2D eigenvalue weighted by Gasteiger charge is -2.53. The fourth-order valence-electron chi connectivity index (χ4n) is 3.83. The summed E-state index contributed by atoms with van der Waals surface area (Å²) in [6.07, 6.45) is 0.789. The van der Waals surface area contributed by atoms with Gasteiger partial charge in [-0.05, 0) is 124 Å². The van der Waals surface area contributed by atoms with Crippen molar-refractivity contribution >= 4 is 67.5 Å². The summed E-state index contributed by atoms with van der Waals surface area (Å²) >= 11 is 0. The van der Waals surface area contributed by atoms with Gasteiger partial charge in [0.15, 0.2) is 49.9 Å².